The molecule has 22 heavy (non-hydrogen) atoms. The maximum atomic E-state index is 12.1. The van der Waals surface area contributed by atoms with E-state index in [0.717, 1.165) is 14.9 Å². The van der Waals surface area contributed by atoms with E-state index in [1.165, 1.54) is 0 Å². The number of halogens is 1. The zero-order valence-electron chi connectivity index (χ0n) is 12.4. The first-order valence-corrected chi connectivity index (χ1v) is 8.20. The van der Waals surface area contributed by atoms with E-state index < -0.39 is 12.1 Å². The summed E-state index contributed by atoms with van der Waals surface area (Å²) >= 11 is 2.21. The van der Waals surface area contributed by atoms with Crippen LogP contribution in [0.25, 0.3) is 0 Å². The number of cyclic esters (lactones) is 1. The molecule has 0 saturated carbocycles. The zero-order chi connectivity index (χ0) is 15.9. The fourth-order valence-corrected chi connectivity index (χ4v) is 4.01. The number of rotatable bonds is 4. The Bertz CT molecular complexity index is 581. The molecule has 4 atom stereocenters. The minimum atomic E-state index is -0.477. The molecule has 2 fully saturated rings. The Morgan fingerprint density at radius 2 is 2.23 bits per heavy atom. The van der Waals surface area contributed by atoms with Crippen LogP contribution in [0.4, 0.5) is 0 Å². The van der Waals surface area contributed by atoms with Gasteiger partial charge >= 0.3 is 5.97 Å². The minimum Gasteiger partial charge on any atom is -0.495 e. The van der Waals surface area contributed by atoms with Crippen molar-refractivity contribution in [2.24, 2.45) is 5.92 Å². The molecule has 0 unspecified atom stereocenters. The highest BCUT2D eigenvalue weighted by Crippen LogP contribution is 2.39. The second-order valence-corrected chi connectivity index (χ2v) is 6.66. The van der Waals surface area contributed by atoms with E-state index in [0.29, 0.717) is 6.54 Å². The Hall–Kier alpha value is -0.900. The number of carbonyl (C=O) groups is 1. The molecule has 0 amide bonds. The number of methoxy groups -OCH3 is 1. The number of esters is 1. The van der Waals surface area contributed by atoms with Gasteiger partial charge in [0, 0.05) is 5.56 Å². The van der Waals surface area contributed by atoms with Gasteiger partial charge in [-0.3, -0.25) is 9.63 Å². The van der Waals surface area contributed by atoms with Gasteiger partial charge in [-0.1, -0.05) is 12.1 Å². The number of hydrogen-bond donors (Lipinski definition) is 1. The van der Waals surface area contributed by atoms with Gasteiger partial charge in [0.25, 0.3) is 0 Å². The van der Waals surface area contributed by atoms with Crippen LogP contribution in [0.2, 0.25) is 0 Å². The van der Waals surface area contributed by atoms with Crippen molar-refractivity contribution in [2.45, 2.75) is 31.7 Å². The SMILES string of the molecule is COc1c(I)cccc1CN1O[C@@H](CO)[C@H]2[C@H](C)OC(=O)[C@H]21. The summed E-state index contributed by atoms with van der Waals surface area (Å²) in [5.41, 5.74) is 0.930. The molecule has 2 heterocycles. The molecular weight excluding hydrogens is 401 g/mol. The molecule has 2 aliphatic rings. The number of hydrogen-bond acceptors (Lipinski definition) is 6. The van der Waals surface area contributed by atoms with Gasteiger partial charge in [0.15, 0.2) is 0 Å². The summed E-state index contributed by atoms with van der Waals surface area (Å²) in [5, 5.41) is 11.1. The molecule has 120 valence electrons. The van der Waals surface area contributed by atoms with Gasteiger partial charge in [-0.25, -0.2) is 0 Å². The van der Waals surface area contributed by atoms with E-state index in [4.69, 9.17) is 14.3 Å². The van der Waals surface area contributed by atoms with Gasteiger partial charge in [-0.05, 0) is 35.6 Å². The first-order chi connectivity index (χ1) is 10.6. The average Bonchev–Trinajstić information content (AvgIpc) is 2.99. The molecule has 2 saturated heterocycles. The molecule has 1 aromatic carbocycles. The highest BCUT2D eigenvalue weighted by molar-refractivity contribution is 14.1. The van der Waals surface area contributed by atoms with Crippen LogP contribution in [0.5, 0.6) is 5.75 Å². The minimum absolute atomic E-state index is 0.137. The van der Waals surface area contributed by atoms with Crippen LogP contribution in [0.1, 0.15) is 12.5 Å². The van der Waals surface area contributed by atoms with Gasteiger partial charge in [-0.2, -0.15) is 5.06 Å². The van der Waals surface area contributed by atoms with E-state index in [-0.39, 0.29) is 24.6 Å². The second kappa shape index (κ2) is 6.31. The molecule has 7 heteroatoms. The lowest BCUT2D eigenvalue weighted by Gasteiger charge is -2.21. The van der Waals surface area contributed by atoms with Gasteiger partial charge in [0.05, 0.1) is 29.7 Å². The molecule has 3 rings (SSSR count). The Balaban J connectivity index is 1.87. The van der Waals surface area contributed by atoms with Gasteiger partial charge in [-0.15, -0.1) is 0 Å². The van der Waals surface area contributed by atoms with Crippen molar-refractivity contribution in [3.8, 4) is 5.75 Å². The summed E-state index contributed by atoms with van der Waals surface area (Å²) in [6.07, 6.45) is -0.669. The van der Waals surface area contributed by atoms with Crippen molar-refractivity contribution < 1.29 is 24.2 Å². The van der Waals surface area contributed by atoms with E-state index in [2.05, 4.69) is 22.6 Å². The third-order valence-corrected chi connectivity index (χ3v) is 5.07. The number of ether oxygens (including phenoxy) is 2. The Morgan fingerprint density at radius 1 is 1.45 bits per heavy atom. The van der Waals surface area contributed by atoms with Crippen LogP contribution in [0.3, 0.4) is 0 Å². The van der Waals surface area contributed by atoms with Crippen LogP contribution < -0.4 is 4.74 Å². The standard InChI is InChI=1S/C15H18INO5/c1-8-12-11(7-18)22-17(13(12)15(19)21-8)6-9-4-3-5-10(16)14(9)20-2/h3-5,8,11-13,18H,6-7H2,1-2H3/t8-,11-,12+,13-/m0/s1. The van der Waals surface area contributed by atoms with Crippen LogP contribution >= 0.6 is 22.6 Å². The van der Waals surface area contributed by atoms with Gasteiger partial charge in [0.2, 0.25) is 0 Å². The van der Waals surface area contributed by atoms with E-state index >= 15 is 0 Å². The molecule has 1 aromatic rings. The maximum absolute atomic E-state index is 12.1. The van der Waals surface area contributed by atoms with E-state index in [9.17, 15) is 9.90 Å². The molecule has 0 spiro atoms. The number of nitrogens with zero attached hydrogens (tertiary/aromatic N) is 1. The third kappa shape index (κ3) is 2.60. The van der Waals surface area contributed by atoms with Crippen molar-refractivity contribution in [2.75, 3.05) is 13.7 Å². The maximum Gasteiger partial charge on any atom is 0.326 e. The first-order valence-electron chi connectivity index (χ1n) is 7.13. The van der Waals surface area contributed by atoms with Crippen LogP contribution in [0.15, 0.2) is 18.2 Å². The number of fused-ring (bicyclic) bond motifs is 1. The molecule has 0 aromatic heterocycles. The molecule has 0 radical (unpaired) electrons. The summed E-state index contributed by atoms with van der Waals surface area (Å²) in [6.45, 7) is 2.10. The van der Waals surface area contributed by atoms with Gasteiger partial charge < -0.3 is 14.6 Å². The lowest BCUT2D eigenvalue weighted by atomic mass is 9.93. The normalized spacial score (nSPS) is 31.2. The lowest BCUT2D eigenvalue weighted by molar-refractivity contribution is -0.195. The van der Waals surface area contributed by atoms with Crippen molar-refractivity contribution in [3.63, 3.8) is 0 Å². The van der Waals surface area contributed by atoms with Crippen molar-refractivity contribution in [1.29, 1.82) is 0 Å². The Labute approximate surface area is 142 Å². The molecule has 6 nitrogen and oxygen atoms in total. The van der Waals surface area contributed by atoms with E-state index in [1.807, 2.05) is 25.1 Å². The molecular formula is C15H18INO5. The second-order valence-electron chi connectivity index (χ2n) is 5.50. The fourth-order valence-electron chi connectivity index (χ4n) is 3.24. The largest absolute Gasteiger partial charge is 0.495 e. The monoisotopic (exact) mass is 419 g/mol. The van der Waals surface area contributed by atoms with E-state index in [1.54, 1.807) is 12.2 Å². The number of hydroxylamine groups is 2. The van der Waals surface area contributed by atoms with Gasteiger partial charge in [0.1, 0.15) is 24.0 Å². The summed E-state index contributed by atoms with van der Waals surface area (Å²) in [4.78, 5) is 17.9. The number of para-hydroxylation sites is 1. The number of aliphatic hydroxyl groups is 1. The average molecular weight is 419 g/mol. The lowest BCUT2D eigenvalue weighted by Crippen LogP contribution is -2.35. The molecule has 0 bridgehead atoms. The predicted molar refractivity (Wildman–Crippen MR) is 86.0 cm³/mol. The Morgan fingerprint density at radius 3 is 2.91 bits per heavy atom. The van der Waals surface area contributed by atoms with Crippen molar-refractivity contribution >= 4 is 28.6 Å². The summed E-state index contributed by atoms with van der Waals surface area (Å²) in [5.74, 6) is 0.333. The number of carbonyl (C=O) groups excluding carboxylic acids is 1. The zero-order valence-corrected chi connectivity index (χ0v) is 14.5. The Kier molecular flexibility index (Phi) is 4.58. The molecule has 2 aliphatic heterocycles. The number of aliphatic hydroxyl groups excluding tert-OH is 1. The highest BCUT2D eigenvalue weighted by atomic mass is 127. The molecule has 1 N–H and O–H groups in total. The number of benzene rings is 1. The van der Waals surface area contributed by atoms with Crippen LogP contribution in [-0.4, -0.2) is 48.1 Å². The summed E-state index contributed by atoms with van der Waals surface area (Å²) in [7, 11) is 1.62. The predicted octanol–water partition coefficient (Wildman–Crippen LogP) is 1.34. The smallest absolute Gasteiger partial charge is 0.326 e. The fraction of sp³-hybridized carbons (Fsp3) is 0.533. The summed E-state index contributed by atoms with van der Waals surface area (Å²) < 4.78 is 11.7. The first kappa shape index (κ1) is 16.0. The third-order valence-electron chi connectivity index (χ3n) is 4.22. The molecule has 0 aliphatic carbocycles. The quantitative estimate of drug-likeness (QED) is 0.587. The highest BCUT2D eigenvalue weighted by Gasteiger charge is 2.56. The van der Waals surface area contributed by atoms with Crippen molar-refractivity contribution in [1.82, 2.24) is 5.06 Å². The summed E-state index contributed by atoms with van der Waals surface area (Å²) in [6, 6.07) is 5.36. The van der Waals surface area contributed by atoms with Crippen molar-refractivity contribution in [3.05, 3.63) is 27.3 Å². The van der Waals surface area contributed by atoms with Crippen LogP contribution in [0, 0.1) is 9.49 Å². The topological polar surface area (TPSA) is 68.2 Å². The van der Waals surface area contributed by atoms with Crippen LogP contribution in [-0.2, 0) is 20.9 Å².